The zero-order chi connectivity index (χ0) is 15.3. The summed E-state index contributed by atoms with van der Waals surface area (Å²) in [5, 5.41) is 0. The highest BCUT2D eigenvalue weighted by Crippen LogP contribution is 2.37. The molecule has 0 N–H and O–H groups in total. The van der Waals surface area contributed by atoms with E-state index in [-0.39, 0.29) is 5.97 Å². The van der Waals surface area contributed by atoms with Crippen LogP contribution in [0.5, 0.6) is 0 Å². The molecule has 2 rings (SSSR count). The second-order valence-corrected chi connectivity index (χ2v) is 6.38. The summed E-state index contributed by atoms with van der Waals surface area (Å²) in [7, 11) is 0. The van der Waals surface area contributed by atoms with Crippen molar-refractivity contribution >= 4 is 5.97 Å². The van der Waals surface area contributed by atoms with Crippen molar-refractivity contribution in [2.24, 2.45) is 5.92 Å². The van der Waals surface area contributed by atoms with Gasteiger partial charge in [0.15, 0.2) is 0 Å². The van der Waals surface area contributed by atoms with E-state index in [9.17, 15) is 4.79 Å². The van der Waals surface area contributed by atoms with Crippen molar-refractivity contribution in [3.8, 4) is 0 Å². The van der Waals surface area contributed by atoms with Gasteiger partial charge in [0.1, 0.15) is 5.60 Å². The van der Waals surface area contributed by atoms with Crippen molar-refractivity contribution in [2.45, 2.75) is 45.6 Å². The molecule has 0 bridgehead atoms. The highest BCUT2D eigenvalue weighted by atomic mass is 16.6. The van der Waals surface area contributed by atoms with Crippen LogP contribution in [0.2, 0.25) is 0 Å². The third-order valence-corrected chi connectivity index (χ3v) is 4.18. The molecular weight excluding hydrogens is 262 g/mol. The lowest BCUT2D eigenvalue weighted by Crippen LogP contribution is -2.46. The average Bonchev–Trinajstić information content (AvgIpc) is 2.49. The number of ether oxygens (including phenoxy) is 1. The maximum Gasteiger partial charge on any atom is 0.306 e. The summed E-state index contributed by atoms with van der Waals surface area (Å²) in [5.74, 6) is 0.573. The smallest absolute Gasteiger partial charge is 0.306 e. The predicted molar refractivity (Wildman–Crippen MR) is 85.0 cm³/mol. The van der Waals surface area contributed by atoms with Gasteiger partial charge in [0.2, 0.25) is 0 Å². The number of nitrogens with zero attached hydrogens (tertiary/aromatic N) is 1. The van der Waals surface area contributed by atoms with Crippen molar-refractivity contribution in [1.29, 1.82) is 0 Å². The van der Waals surface area contributed by atoms with Gasteiger partial charge >= 0.3 is 5.97 Å². The fourth-order valence-electron chi connectivity index (χ4n) is 3.09. The van der Waals surface area contributed by atoms with Crippen LogP contribution in [0.4, 0.5) is 0 Å². The van der Waals surface area contributed by atoms with Crippen LogP contribution in [0.15, 0.2) is 30.3 Å². The quantitative estimate of drug-likeness (QED) is 0.776. The summed E-state index contributed by atoms with van der Waals surface area (Å²) in [6.45, 7) is 9.45. The van der Waals surface area contributed by atoms with Crippen molar-refractivity contribution in [3.05, 3.63) is 35.9 Å². The largest absolute Gasteiger partial charge is 0.454 e. The van der Waals surface area contributed by atoms with Crippen LogP contribution in [0.3, 0.4) is 0 Å². The van der Waals surface area contributed by atoms with Crippen LogP contribution in [-0.4, -0.2) is 30.5 Å². The molecular formula is C18H27NO2. The Morgan fingerprint density at radius 2 is 1.86 bits per heavy atom. The Morgan fingerprint density at radius 3 is 2.38 bits per heavy atom. The van der Waals surface area contributed by atoms with Gasteiger partial charge in [-0.15, -0.1) is 0 Å². The number of likely N-dealkylation sites (tertiary alicyclic amines) is 1. The van der Waals surface area contributed by atoms with Gasteiger partial charge in [-0.05, 0) is 11.5 Å². The van der Waals surface area contributed by atoms with Crippen molar-refractivity contribution in [3.63, 3.8) is 0 Å². The molecule has 1 aliphatic heterocycles. The van der Waals surface area contributed by atoms with Crippen molar-refractivity contribution in [2.75, 3.05) is 19.6 Å². The molecule has 1 heterocycles. The van der Waals surface area contributed by atoms with Crippen LogP contribution in [0, 0.1) is 5.92 Å². The molecule has 0 aliphatic carbocycles. The molecule has 0 atom stereocenters. The Morgan fingerprint density at radius 1 is 1.24 bits per heavy atom. The van der Waals surface area contributed by atoms with Crippen LogP contribution in [0.1, 0.15) is 45.6 Å². The monoisotopic (exact) mass is 289 g/mol. The van der Waals surface area contributed by atoms with Crippen LogP contribution < -0.4 is 0 Å². The molecule has 116 valence electrons. The van der Waals surface area contributed by atoms with E-state index in [1.54, 1.807) is 0 Å². The minimum Gasteiger partial charge on any atom is -0.454 e. The predicted octanol–water partition coefficient (Wildman–Crippen LogP) is 3.59. The number of carbonyl (C=O) groups excluding carboxylic acids is 1. The second-order valence-electron chi connectivity index (χ2n) is 6.38. The molecule has 0 amide bonds. The van der Waals surface area contributed by atoms with E-state index >= 15 is 0 Å². The Balaban J connectivity index is 2.14. The van der Waals surface area contributed by atoms with E-state index in [0.29, 0.717) is 12.3 Å². The average molecular weight is 289 g/mol. The highest BCUT2D eigenvalue weighted by molar-refractivity contribution is 5.69. The van der Waals surface area contributed by atoms with Gasteiger partial charge in [-0.25, -0.2) is 0 Å². The molecule has 1 saturated heterocycles. The first-order valence-corrected chi connectivity index (χ1v) is 8.05. The molecule has 0 aromatic heterocycles. The van der Waals surface area contributed by atoms with Crippen LogP contribution in [0.25, 0.3) is 0 Å². The number of piperidine rings is 1. The number of carbonyl (C=O) groups is 1. The molecule has 0 unspecified atom stereocenters. The third kappa shape index (κ3) is 4.07. The minimum absolute atomic E-state index is 0.101. The lowest BCUT2D eigenvalue weighted by atomic mass is 9.84. The summed E-state index contributed by atoms with van der Waals surface area (Å²) in [6, 6.07) is 10.2. The molecule has 1 fully saturated rings. The maximum atomic E-state index is 11.9. The first kappa shape index (κ1) is 16.0. The summed E-state index contributed by atoms with van der Waals surface area (Å²) >= 11 is 0. The SMILES string of the molecule is CCC(=O)OC1(c2ccccc2)CCN(CC(C)C)CC1. The van der Waals surface area contributed by atoms with E-state index in [0.717, 1.165) is 38.0 Å². The fraction of sp³-hybridized carbons (Fsp3) is 0.611. The van der Waals surface area contributed by atoms with E-state index in [1.165, 1.54) is 0 Å². The van der Waals surface area contributed by atoms with E-state index < -0.39 is 5.60 Å². The molecule has 1 aromatic carbocycles. The van der Waals surface area contributed by atoms with Gasteiger partial charge in [0.05, 0.1) is 0 Å². The number of esters is 1. The standard InChI is InChI=1S/C18H27NO2/c1-4-17(20)21-18(16-8-6-5-7-9-16)10-12-19(13-11-18)14-15(2)3/h5-9,15H,4,10-14H2,1-3H3. The van der Waals surface area contributed by atoms with Gasteiger partial charge < -0.3 is 9.64 Å². The van der Waals surface area contributed by atoms with Crippen molar-refractivity contribution < 1.29 is 9.53 Å². The molecule has 3 nitrogen and oxygen atoms in total. The normalized spacial score (nSPS) is 18.7. The van der Waals surface area contributed by atoms with Gasteiger partial charge in [-0.2, -0.15) is 0 Å². The second kappa shape index (κ2) is 7.08. The Labute approximate surface area is 128 Å². The summed E-state index contributed by atoms with van der Waals surface area (Å²) in [6.07, 6.45) is 2.20. The molecule has 1 aromatic rings. The first-order chi connectivity index (χ1) is 10.1. The molecule has 0 saturated carbocycles. The van der Waals surface area contributed by atoms with Crippen LogP contribution in [-0.2, 0) is 15.1 Å². The summed E-state index contributed by atoms with van der Waals surface area (Å²) in [4.78, 5) is 14.4. The Bertz CT molecular complexity index is 448. The third-order valence-electron chi connectivity index (χ3n) is 4.18. The fourth-order valence-corrected chi connectivity index (χ4v) is 3.09. The first-order valence-electron chi connectivity index (χ1n) is 8.05. The Kier molecular flexibility index (Phi) is 5.40. The molecule has 21 heavy (non-hydrogen) atoms. The Hall–Kier alpha value is -1.35. The molecule has 0 spiro atoms. The van der Waals surface area contributed by atoms with Crippen molar-refractivity contribution in [1.82, 2.24) is 4.90 Å². The number of rotatable bonds is 5. The molecule has 0 radical (unpaired) electrons. The van der Waals surface area contributed by atoms with Gasteiger partial charge in [0, 0.05) is 38.9 Å². The number of benzene rings is 1. The van der Waals surface area contributed by atoms with Gasteiger partial charge in [-0.1, -0.05) is 51.1 Å². The lowest BCUT2D eigenvalue weighted by Gasteiger charge is -2.42. The van der Waals surface area contributed by atoms with E-state index in [4.69, 9.17) is 4.74 Å². The molecule has 3 heteroatoms. The zero-order valence-electron chi connectivity index (χ0n) is 13.5. The van der Waals surface area contributed by atoms with Gasteiger partial charge in [0.25, 0.3) is 0 Å². The summed E-state index contributed by atoms with van der Waals surface area (Å²) in [5.41, 5.74) is 0.706. The lowest BCUT2D eigenvalue weighted by molar-refractivity contribution is -0.166. The van der Waals surface area contributed by atoms with E-state index in [2.05, 4.69) is 30.9 Å². The van der Waals surface area contributed by atoms with Gasteiger partial charge in [-0.3, -0.25) is 4.79 Å². The topological polar surface area (TPSA) is 29.5 Å². The maximum absolute atomic E-state index is 11.9. The number of hydrogen-bond acceptors (Lipinski definition) is 3. The highest BCUT2D eigenvalue weighted by Gasteiger charge is 2.39. The summed E-state index contributed by atoms with van der Waals surface area (Å²) < 4.78 is 5.90. The zero-order valence-corrected chi connectivity index (χ0v) is 13.5. The number of hydrogen-bond donors (Lipinski definition) is 0. The van der Waals surface area contributed by atoms with E-state index in [1.807, 2.05) is 25.1 Å². The van der Waals surface area contributed by atoms with Crippen LogP contribution >= 0.6 is 0 Å². The minimum atomic E-state index is -0.429. The molecule has 1 aliphatic rings.